The van der Waals surface area contributed by atoms with Crippen LogP contribution in [0.1, 0.15) is 120 Å². The van der Waals surface area contributed by atoms with Crippen molar-refractivity contribution in [1.29, 1.82) is 0 Å². The topological polar surface area (TPSA) is 77.8 Å². The zero-order valence-corrected chi connectivity index (χ0v) is 29.4. The summed E-state index contributed by atoms with van der Waals surface area (Å²) >= 11 is 0. The second-order valence-corrected chi connectivity index (χ2v) is 15.4. The van der Waals surface area contributed by atoms with Crippen LogP contribution in [0.4, 0.5) is 0 Å². The Kier molecular flexibility index (Phi) is 15.3. The quantitative estimate of drug-likeness (QED) is 0.121. The highest BCUT2D eigenvalue weighted by atomic mass is 16.3. The number of aliphatic hydroxyl groups is 3. The van der Waals surface area contributed by atoms with Crippen LogP contribution in [-0.2, 0) is 4.79 Å². The van der Waals surface area contributed by atoms with E-state index in [0.717, 1.165) is 49.7 Å². The van der Waals surface area contributed by atoms with Crippen molar-refractivity contribution in [2.75, 3.05) is 6.61 Å². The first-order chi connectivity index (χ1) is 20.6. The van der Waals surface area contributed by atoms with Crippen molar-refractivity contribution in [2.45, 2.75) is 132 Å². The standard InChI is InChI=1S/C40H64O4/c1-28(16-12-17-30(3)20-21-36-31(4)22-34(42)25-39(36,6)7)14-10-11-15-29(2)18-13-19-33(27-41)38(44)24-37-32(5)23-35(43)26-40(37,8)9/h11-12,15-16,19-22,28-30,34-36,41-43H,10,13-14,17-18,23-27H2,1-9H3/b15-11+,16-12+,21-20+,33-19+/t28?,29?,30?,34-,35+,36-/m0/s1. The van der Waals surface area contributed by atoms with Crippen molar-refractivity contribution < 1.29 is 20.1 Å². The van der Waals surface area contributed by atoms with Crippen LogP contribution in [0, 0.1) is 34.5 Å². The molecule has 0 radical (unpaired) electrons. The molecule has 3 unspecified atom stereocenters. The SMILES string of the molecule is CC1=C[C@H](O)CC(C)(C)[C@H]1/C=C/C(C)C/C=C/C(C)CC/C=C/C(C)CC/C=C(\CO)C(=O)CC1=C(C)C[C@@H](O)CC1(C)C. The Morgan fingerprint density at radius 1 is 0.932 bits per heavy atom. The number of rotatable bonds is 16. The molecule has 3 N–H and O–H groups in total. The van der Waals surface area contributed by atoms with E-state index in [1.165, 1.54) is 5.57 Å². The Morgan fingerprint density at radius 3 is 2.18 bits per heavy atom. The smallest absolute Gasteiger partial charge is 0.164 e. The highest BCUT2D eigenvalue weighted by Crippen LogP contribution is 2.43. The highest BCUT2D eigenvalue weighted by Gasteiger charge is 2.35. The predicted octanol–water partition coefficient (Wildman–Crippen LogP) is 9.24. The molecule has 0 heterocycles. The first-order valence-electron chi connectivity index (χ1n) is 17.1. The predicted molar refractivity (Wildman–Crippen MR) is 186 cm³/mol. The number of hydrogen-bond acceptors (Lipinski definition) is 4. The fourth-order valence-corrected chi connectivity index (χ4v) is 7.24. The van der Waals surface area contributed by atoms with Crippen molar-refractivity contribution in [3.63, 3.8) is 0 Å². The molecule has 0 amide bonds. The first-order valence-corrected chi connectivity index (χ1v) is 17.1. The molecule has 2 aliphatic rings. The van der Waals surface area contributed by atoms with E-state index in [1.54, 1.807) is 0 Å². The maximum Gasteiger partial charge on any atom is 0.164 e. The molecule has 4 heteroatoms. The molecule has 6 atom stereocenters. The summed E-state index contributed by atoms with van der Waals surface area (Å²) < 4.78 is 0. The van der Waals surface area contributed by atoms with Crippen LogP contribution in [0.5, 0.6) is 0 Å². The van der Waals surface area contributed by atoms with Gasteiger partial charge in [-0.1, -0.05) is 114 Å². The lowest BCUT2D eigenvalue weighted by Gasteiger charge is -2.38. The summed E-state index contributed by atoms with van der Waals surface area (Å²) in [4.78, 5) is 13.0. The number of ketones is 1. The molecule has 0 spiro atoms. The van der Waals surface area contributed by atoms with Gasteiger partial charge in [-0.25, -0.2) is 0 Å². The van der Waals surface area contributed by atoms with Gasteiger partial charge in [-0.3, -0.25) is 4.79 Å². The summed E-state index contributed by atoms with van der Waals surface area (Å²) in [5, 5.41) is 30.1. The van der Waals surface area contributed by atoms with Gasteiger partial charge in [0.1, 0.15) is 0 Å². The monoisotopic (exact) mass is 608 g/mol. The van der Waals surface area contributed by atoms with Crippen LogP contribution >= 0.6 is 0 Å². The molecule has 4 nitrogen and oxygen atoms in total. The van der Waals surface area contributed by atoms with Crippen molar-refractivity contribution in [3.05, 3.63) is 70.9 Å². The lowest BCUT2D eigenvalue weighted by Crippen LogP contribution is -2.32. The largest absolute Gasteiger partial charge is 0.393 e. The molecule has 0 saturated carbocycles. The summed E-state index contributed by atoms with van der Waals surface area (Å²) in [6.07, 6.45) is 24.6. The summed E-state index contributed by atoms with van der Waals surface area (Å²) in [5.41, 5.74) is 3.90. The molecule has 0 saturated heterocycles. The molecule has 0 aromatic carbocycles. The molecule has 0 fully saturated rings. The Balaban J connectivity index is 1.73. The maximum absolute atomic E-state index is 13.0. The third-order valence-corrected chi connectivity index (χ3v) is 9.88. The minimum absolute atomic E-state index is 0.00290. The van der Waals surface area contributed by atoms with E-state index in [4.69, 9.17) is 0 Å². The van der Waals surface area contributed by atoms with Gasteiger partial charge in [0.25, 0.3) is 0 Å². The summed E-state index contributed by atoms with van der Waals surface area (Å²) in [6.45, 7) is 19.4. The third kappa shape index (κ3) is 12.4. The van der Waals surface area contributed by atoms with Crippen LogP contribution in [0.2, 0.25) is 0 Å². The maximum atomic E-state index is 13.0. The Labute approximate surface area is 269 Å². The second kappa shape index (κ2) is 17.6. The number of carbonyl (C=O) groups is 1. The molecule has 2 aliphatic carbocycles. The Bertz CT molecular complexity index is 1110. The molecule has 0 aliphatic heterocycles. The van der Waals surface area contributed by atoms with E-state index >= 15 is 0 Å². The molecule has 248 valence electrons. The average molecular weight is 609 g/mol. The van der Waals surface area contributed by atoms with Crippen molar-refractivity contribution in [2.24, 2.45) is 34.5 Å². The minimum Gasteiger partial charge on any atom is -0.393 e. The van der Waals surface area contributed by atoms with Gasteiger partial charge in [-0.2, -0.15) is 0 Å². The van der Waals surface area contributed by atoms with Crippen LogP contribution in [0.25, 0.3) is 0 Å². The lowest BCUT2D eigenvalue weighted by molar-refractivity contribution is -0.115. The van der Waals surface area contributed by atoms with Gasteiger partial charge in [-0.05, 0) is 93.8 Å². The Morgan fingerprint density at radius 2 is 1.57 bits per heavy atom. The van der Waals surface area contributed by atoms with Crippen LogP contribution in [0.15, 0.2) is 70.9 Å². The third-order valence-electron chi connectivity index (χ3n) is 9.88. The van der Waals surface area contributed by atoms with E-state index in [2.05, 4.69) is 91.8 Å². The van der Waals surface area contributed by atoms with Gasteiger partial charge < -0.3 is 15.3 Å². The first kappa shape index (κ1) is 38.2. The van der Waals surface area contributed by atoms with Crippen LogP contribution in [-0.4, -0.2) is 39.9 Å². The molecule has 0 aromatic rings. The fourth-order valence-electron chi connectivity index (χ4n) is 7.24. The zero-order chi connectivity index (χ0) is 33.1. The number of aliphatic hydroxyl groups excluding tert-OH is 3. The normalized spacial score (nSPS) is 26.4. The molecule has 0 aromatic heterocycles. The zero-order valence-electron chi connectivity index (χ0n) is 29.4. The fraction of sp³-hybridized carbons (Fsp3) is 0.675. The van der Waals surface area contributed by atoms with E-state index in [0.29, 0.717) is 48.5 Å². The number of allylic oxidation sites excluding steroid dienone is 9. The Hall–Kier alpha value is -2.01. The van der Waals surface area contributed by atoms with E-state index in [1.807, 2.05) is 19.1 Å². The number of Topliss-reactive ketones (excluding diaryl/α,β-unsaturated/α-hetero) is 1. The lowest BCUT2D eigenvalue weighted by atomic mass is 9.67. The van der Waals surface area contributed by atoms with Gasteiger partial charge >= 0.3 is 0 Å². The van der Waals surface area contributed by atoms with Gasteiger partial charge in [0, 0.05) is 17.9 Å². The second-order valence-electron chi connectivity index (χ2n) is 15.4. The summed E-state index contributed by atoms with van der Waals surface area (Å²) in [5.74, 6) is 1.83. The number of carbonyl (C=O) groups excluding carboxylic acids is 1. The van der Waals surface area contributed by atoms with Gasteiger partial charge in [-0.15, -0.1) is 0 Å². The minimum atomic E-state index is -0.341. The molecule has 44 heavy (non-hydrogen) atoms. The molecule has 0 bridgehead atoms. The highest BCUT2D eigenvalue weighted by molar-refractivity contribution is 5.97. The van der Waals surface area contributed by atoms with Gasteiger partial charge in [0.2, 0.25) is 0 Å². The number of hydrogen-bond donors (Lipinski definition) is 3. The van der Waals surface area contributed by atoms with E-state index in [-0.39, 0.29) is 35.4 Å². The molecule has 2 rings (SSSR count). The van der Waals surface area contributed by atoms with Crippen molar-refractivity contribution in [3.8, 4) is 0 Å². The van der Waals surface area contributed by atoms with Crippen molar-refractivity contribution >= 4 is 5.78 Å². The van der Waals surface area contributed by atoms with Crippen LogP contribution < -0.4 is 0 Å². The summed E-state index contributed by atoms with van der Waals surface area (Å²) in [7, 11) is 0. The van der Waals surface area contributed by atoms with Gasteiger partial charge in [0.15, 0.2) is 5.78 Å². The van der Waals surface area contributed by atoms with E-state index in [9.17, 15) is 20.1 Å². The van der Waals surface area contributed by atoms with Crippen LogP contribution in [0.3, 0.4) is 0 Å². The molecular formula is C40H64O4. The van der Waals surface area contributed by atoms with Crippen molar-refractivity contribution in [1.82, 2.24) is 0 Å². The van der Waals surface area contributed by atoms with Gasteiger partial charge in [0.05, 0.1) is 18.8 Å². The van der Waals surface area contributed by atoms with E-state index < -0.39 is 0 Å². The molecular weight excluding hydrogens is 544 g/mol. The average Bonchev–Trinajstić information content (AvgIpc) is 2.89. The summed E-state index contributed by atoms with van der Waals surface area (Å²) in [6, 6.07) is 0.